The molecule has 3 aliphatic rings. The Labute approximate surface area is 126 Å². The molecule has 116 valence electrons. The van der Waals surface area contributed by atoms with Gasteiger partial charge < -0.3 is 23.7 Å². The number of ether oxygens (including phenoxy) is 5. The molecule has 0 bridgehead atoms. The lowest BCUT2D eigenvalue weighted by atomic mass is 9.99. The van der Waals surface area contributed by atoms with Crippen LogP contribution in [0.3, 0.4) is 0 Å². The summed E-state index contributed by atoms with van der Waals surface area (Å²) in [5, 5.41) is 0. The Balaban J connectivity index is 0.000000704. The van der Waals surface area contributed by atoms with Crippen LogP contribution in [0, 0.1) is 0 Å². The lowest BCUT2D eigenvalue weighted by Gasteiger charge is -2.35. The highest BCUT2D eigenvalue weighted by atomic mass is 32.1. The monoisotopic (exact) mass is 304 g/mol. The minimum Gasteiger partial charge on any atom is -0.342 e. The number of rotatable bonds is 1. The van der Waals surface area contributed by atoms with Crippen molar-refractivity contribution in [3.05, 3.63) is 12.7 Å². The van der Waals surface area contributed by atoms with Crippen LogP contribution in [0.2, 0.25) is 0 Å². The van der Waals surface area contributed by atoms with Crippen LogP contribution in [0.5, 0.6) is 0 Å². The molecule has 0 N–H and O–H groups in total. The second kappa shape index (κ2) is 5.59. The molecule has 3 rings (SSSR count). The van der Waals surface area contributed by atoms with Gasteiger partial charge in [-0.05, 0) is 34.0 Å². The second-order valence-corrected chi connectivity index (χ2v) is 5.87. The summed E-state index contributed by atoms with van der Waals surface area (Å²) in [6.07, 6.45) is 2.10. The number of fused-ring (bicyclic) bond motifs is 3. The van der Waals surface area contributed by atoms with Crippen molar-refractivity contribution in [2.45, 2.75) is 70.0 Å². The second-order valence-electron chi connectivity index (χ2n) is 5.87. The normalized spacial score (nSPS) is 44.0. The number of thiol groups is 1. The Bertz CT molecular complexity index is 371. The molecule has 0 saturated carbocycles. The molecule has 3 aliphatic heterocycles. The van der Waals surface area contributed by atoms with Crippen molar-refractivity contribution in [1.82, 2.24) is 0 Å². The fourth-order valence-electron chi connectivity index (χ4n) is 2.83. The van der Waals surface area contributed by atoms with Gasteiger partial charge in [-0.2, -0.15) is 12.6 Å². The summed E-state index contributed by atoms with van der Waals surface area (Å²) in [6.45, 7) is 11.3. The van der Waals surface area contributed by atoms with Crippen LogP contribution < -0.4 is 0 Å². The summed E-state index contributed by atoms with van der Waals surface area (Å²) < 4.78 is 29.2. The van der Waals surface area contributed by atoms with Gasteiger partial charge in [0.1, 0.15) is 24.4 Å². The van der Waals surface area contributed by atoms with Crippen LogP contribution in [0.25, 0.3) is 0 Å². The van der Waals surface area contributed by atoms with Gasteiger partial charge in [0.05, 0.1) is 0 Å². The van der Waals surface area contributed by atoms with Crippen LogP contribution in [-0.4, -0.2) is 48.5 Å². The summed E-state index contributed by atoms with van der Waals surface area (Å²) in [6, 6.07) is 0. The van der Waals surface area contributed by atoms with Gasteiger partial charge in [-0.3, -0.25) is 0 Å². The summed E-state index contributed by atoms with van der Waals surface area (Å²) in [7, 11) is 0. The quantitative estimate of drug-likeness (QED) is 0.594. The maximum atomic E-state index is 5.94. The SMILES string of the molecule is C=C[C@@H]1O[C@H]2OC(C)(C)O[C@H]2[C@@H]2OC(C)(C)O[C@@H]21.CS. The lowest BCUT2D eigenvalue weighted by Crippen LogP contribution is -2.54. The van der Waals surface area contributed by atoms with E-state index < -0.39 is 17.9 Å². The van der Waals surface area contributed by atoms with Gasteiger partial charge in [-0.15, -0.1) is 6.58 Å². The molecule has 3 heterocycles. The predicted octanol–water partition coefficient (Wildman–Crippen LogP) is 2.11. The van der Waals surface area contributed by atoms with E-state index in [9.17, 15) is 0 Å². The summed E-state index contributed by atoms with van der Waals surface area (Å²) >= 11 is 3.53. The smallest absolute Gasteiger partial charge is 0.190 e. The molecular formula is C14H24O5S. The van der Waals surface area contributed by atoms with Crippen molar-refractivity contribution in [3.63, 3.8) is 0 Å². The minimum absolute atomic E-state index is 0.191. The van der Waals surface area contributed by atoms with E-state index in [1.165, 1.54) is 0 Å². The summed E-state index contributed by atoms with van der Waals surface area (Å²) in [5.74, 6) is -1.29. The number of hydrogen-bond donors (Lipinski definition) is 1. The van der Waals surface area contributed by atoms with Crippen LogP contribution in [0.1, 0.15) is 27.7 Å². The molecule has 20 heavy (non-hydrogen) atoms. The van der Waals surface area contributed by atoms with Crippen LogP contribution in [-0.2, 0) is 23.7 Å². The average Bonchev–Trinajstić information content (AvgIpc) is 2.85. The zero-order valence-corrected chi connectivity index (χ0v) is 13.6. The van der Waals surface area contributed by atoms with E-state index in [-0.39, 0.29) is 24.4 Å². The Morgan fingerprint density at radius 1 is 0.850 bits per heavy atom. The van der Waals surface area contributed by atoms with Gasteiger partial charge in [0.25, 0.3) is 0 Å². The van der Waals surface area contributed by atoms with Crippen molar-refractivity contribution >= 4 is 12.6 Å². The van der Waals surface area contributed by atoms with Crippen molar-refractivity contribution in [2.75, 3.05) is 6.26 Å². The van der Waals surface area contributed by atoms with Gasteiger partial charge in [-0.1, -0.05) is 6.08 Å². The summed E-state index contributed by atoms with van der Waals surface area (Å²) in [5.41, 5.74) is 0. The van der Waals surface area contributed by atoms with E-state index in [1.807, 2.05) is 27.7 Å². The Hall–Kier alpha value is -0.110. The highest BCUT2D eigenvalue weighted by Crippen LogP contribution is 2.44. The molecule has 6 heteroatoms. The molecule has 5 atom stereocenters. The predicted molar refractivity (Wildman–Crippen MR) is 77.6 cm³/mol. The molecular weight excluding hydrogens is 280 g/mol. The van der Waals surface area contributed by atoms with Crippen molar-refractivity contribution in [3.8, 4) is 0 Å². The maximum Gasteiger partial charge on any atom is 0.190 e. The van der Waals surface area contributed by atoms with E-state index in [4.69, 9.17) is 23.7 Å². The molecule has 0 aromatic heterocycles. The highest BCUT2D eigenvalue weighted by molar-refractivity contribution is 7.79. The molecule has 5 nitrogen and oxygen atoms in total. The molecule has 0 aliphatic carbocycles. The van der Waals surface area contributed by atoms with E-state index in [0.717, 1.165) is 0 Å². The summed E-state index contributed by atoms with van der Waals surface area (Å²) in [4.78, 5) is 0. The molecule has 3 fully saturated rings. The van der Waals surface area contributed by atoms with Gasteiger partial charge >= 0.3 is 0 Å². The third-order valence-corrected chi connectivity index (χ3v) is 3.42. The fourth-order valence-corrected chi connectivity index (χ4v) is 2.83. The van der Waals surface area contributed by atoms with Gasteiger partial charge in [0.2, 0.25) is 0 Å². The van der Waals surface area contributed by atoms with E-state index >= 15 is 0 Å². The van der Waals surface area contributed by atoms with Crippen LogP contribution in [0.15, 0.2) is 12.7 Å². The molecule has 3 saturated heterocycles. The highest BCUT2D eigenvalue weighted by Gasteiger charge is 2.60. The molecule has 0 aromatic carbocycles. The van der Waals surface area contributed by atoms with Crippen LogP contribution >= 0.6 is 12.6 Å². The minimum atomic E-state index is -0.661. The molecule has 0 unspecified atom stereocenters. The first-order valence-electron chi connectivity index (χ1n) is 6.75. The zero-order chi connectivity index (χ0) is 15.1. The zero-order valence-electron chi connectivity index (χ0n) is 12.7. The lowest BCUT2D eigenvalue weighted by molar-refractivity contribution is -0.222. The average molecular weight is 304 g/mol. The molecule has 0 amide bonds. The van der Waals surface area contributed by atoms with E-state index in [0.29, 0.717) is 0 Å². The first-order valence-corrected chi connectivity index (χ1v) is 7.65. The van der Waals surface area contributed by atoms with Crippen molar-refractivity contribution in [1.29, 1.82) is 0 Å². The third kappa shape index (κ3) is 2.91. The largest absolute Gasteiger partial charge is 0.342 e. The first kappa shape index (κ1) is 16.3. The Morgan fingerprint density at radius 3 is 1.95 bits per heavy atom. The van der Waals surface area contributed by atoms with Crippen molar-refractivity contribution < 1.29 is 23.7 Å². The molecule has 0 spiro atoms. The maximum absolute atomic E-state index is 5.94. The topological polar surface area (TPSA) is 46.2 Å². The standard InChI is InChI=1S/C13H20O5.CH4S/c1-6-7-8-9(16-12(2,3)15-8)10-11(14-7)18-13(4,5)17-10;1-2/h6-11H,1H2,2-5H3;2H,1H3/t7-,8+,9+,10-,11-;/m0./s1. The van der Waals surface area contributed by atoms with Gasteiger partial charge in [-0.25, -0.2) is 0 Å². The molecule has 0 radical (unpaired) electrons. The Morgan fingerprint density at radius 2 is 1.35 bits per heavy atom. The fraction of sp³-hybridized carbons (Fsp3) is 0.857. The van der Waals surface area contributed by atoms with Gasteiger partial charge in [0.15, 0.2) is 17.9 Å². The third-order valence-electron chi connectivity index (χ3n) is 3.42. The van der Waals surface area contributed by atoms with E-state index in [1.54, 1.807) is 12.3 Å². The first-order chi connectivity index (χ1) is 9.31. The number of hydrogen-bond acceptors (Lipinski definition) is 6. The van der Waals surface area contributed by atoms with Crippen molar-refractivity contribution in [2.24, 2.45) is 0 Å². The van der Waals surface area contributed by atoms with Gasteiger partial charge in [0, 0.05) is 0 Å². The molecule has 0 aromatic rings. The van der Waals surface area contributed by atoms with E-state index in [2.05, 4.69) is 19.2 Å². The van der Waals surface area contributed by atoms with Crippen LogP contribution in [0.4, 0.5) is 0 Å². The Kier molecular flexibility index (Phi) is 4.54.